The summed E-state index contributed by atoms with van der Waals surface area (Å²) in [5.74, 6) is 1.05. The predicted molar refractivity (Wildman–Crippen MR) is 80.1 cm³/mol. The first-order valence-electron chi connectivity index (χ1n) is 6.00. The number of hydrogen-bond donors (Lipinski definition) is 2. The van der Waals surface area contributed by atoms with Gasteiger partial charge in [0.05, 0.1) is 7.11 Å². The maximum atomic E-state index is 13.4. The molecule has 0 amide bonds. The van der Waals surface area contributed by atoms with E-state index in [-0.39, 0.29) is 5.75 Å². The van der Waals surface area contributed by atoms with Crippen molar-refractivity contribution >= 4 is 33.3 Å². The predicted octanol–water partition coefficient (Wildman–Crippen LogP) is 3.56. The second-order valence-corrected chi connectivity index (χ2v) is 4.68. The fourth-order valence-corrected chi connectivity index (χ4v) is 2.07. The molecule has 0 fully saturated rings. The molecular formula is C13H14BrFN4O. The van der Waals surface area contributed by atoms with E-state index in [9.17, 15) is 4.39 Å². The quantitative estimate of drug-likeness (QED) is 0.871. The number of aromatic nitrogens is 2. The van der Waals surface area contributed by atoms with Crippen LogP contribution in [-0.2, 0) is 0 Å². The molecule has 2 rings (SSSR count). The van der Waals surface area contributed by atoms with Gasteiger partial charge in [-0.15, -0.1) is 0 Å². The smallest absolute Gasteiger partial charge is 0.165 e. The van der Waals surface area contributed by atoms with Crippen LogP contribution in [0.1, 0.15) is 6.92 Å². The van der Waals surface area contributed by atoms with Crippen LogP contribution in [-0.4, -0.2) is 23.6 Å². The number of anilines is 3. The van der Waals surface area contributed by atoms with Crippen LogP contribution in [0.15, 0.2) is 29.0 Å². The number of rotatable bonds is 5. The largest absolute Gasteiger partial charge is 0.494 e. The Kier molecular flexibility index (Phi) is 4.73. The Labute approximate surface area is 124 Å². The van der Waals surface area contributed by atoms with Crippen molar-refractivity contribution in [3.05, 3.63) is 34.8 Å². The lowest BCUT2D eigenvalue weighted by Crippen LogP contribution is -2.04. The van der Waals surface area contributed by atoms with E-state index in [1.165, 1.54) is 19.5 Å². The van der Waals surface area contributed by atoms with Gasteiger partial charge in [0.2, 0.25) is 0 Å². The van der Waals surface area contributed by atoms with Crippen molar-refractivity contribution in [1.82, 2.24) is 9.97 Å². The fraction of sp³-hybridized carbons (Fsp3) is 0.231. The van der Waals surface area contributed by atoms with Crippen LogP contribution >= 0.6 is 15.9 Å². The summed E-state index contributed by atoms with van der Waals surface area (Å²) < 4.78 is 19.0. The highest BCUT2D eigenvalue weighted by molar-refractivity contribution is 9.10. The van der Waals surface area contributed by atoms with Crippen molar-refractivity contribution in [1.29, 1.82) is 0 Å². The molecule has 0 saturated carbocycles. The van der Waals surface area contributed by atoms with Crippen LogP contribution < -0.4 is 15.4 Å². The minimum atomic E-state index is -0.409. The molecule has 0 spiro atoms. The van der Waals surface area contributed by atoms with Crippen molar-refractivity contribution in [3.8, 4) is 5.75 Å². The highest BCUT2D eigenvalue weighted by Crippen LogP contribution is 2.30. The van der Waals surface area contributed by atoms with Crippen LogP contribution in [0, 0.1) is 5.82 Å². The van der Waals surface area contributed by atoms with Crippen LogP contribution in [0.3, 0.4) is 0 Å². The molecule has 0 aliphatic heterocycles. The molecule has 1 aromatic heterocycles. The zero-order valence-electron chi connectivity index (χ0n) is 11.1. The molecule has 0 atom stereocenters. The number of methoxy groups -OCH3 is 1. The van der Waals surface area contributed by atoms with Gasteiger partial charge in [-0.05, 0) is 35.0 Å². The molecule has 0 radical (unpaired) electrons. The topological polar surface area (TPSA) is 59.1 Å². The molecular weight excluding hydrogens is 327 g/mol. The third-order valence-electron chi connectivity index (χ3n) is 2.55. The SMILES string of the molecule is CCNc1ncnc(Nc2ccc(F)c(OC)c2)c1Br. The minimum absolute atomic E-state index is 0.173. The van der Waals surface area contributed by atoms with E-state index in [0.29, 0.717) is 21.8 Å². The lowest BCUT2D eigenvalue weighted by Gasteiger charge is -2.11. The summed E-state index contributed by atoms with van der Waals surface area (Å²) in [4.78, 5) is 8.28. The lowest BCUT2D eigenvalue weighted by atomic mass is 10.3. The van der Waals surface area contributed by atoms with E-state index in [4.69, 9.17) is 4.74 Å². The number of nitrogens with one attached hydrogen (secondary N) is 2. The first-order chi connectivity index (χ1) is 9.65. The van der Waals surface area contributed by atoms with Crippen molar-refractivity contribution in [3.63, 3.8) is 0 Å². The summed E-state index contributed by atoms with van der Waals surface area (Å²) in [5.41, 5.74) is 0.671. The Bertz CT molecular complexity index is 609. The van der Waals surface area contributed by atoms with Crippen molar-refractivity contribution < 1.29 is 9.13 Å². The second kappa shape index (κ2) is 6.51. The van der Waals surface area contributed by atoms with Gasteiger partial charge in [-0.3, -0.25) is 0 Å². The average Bonchev–Trinajstić information content (AvgIpc) is 2.45. The summed E-state index contributed by atoms with van der Waals surface area (Å²) in [6, 6.07) is 4.51. The Morgan fingerprint density at radius 3 is 2.75 bits per heavy atom. The molecule has 0 saturated heterocycles. The van der Waals surface area contributed by atoms with E-state index in [2.05, 4.69) is 36.5 Å². The Morgan fingerprint density at radius 2 is 2.05 bits per heavy atom. The zero-order chi connectivity index (χ0) is 14.5. The van der Waals surface area contributed by atoms with Crippen molar-refractivity contribution in [2.45, 2.75) is 6.92 Å². The minimum Gasteiger partial charge on any atom is -0.494 e. The number of ether oxygens (including phenoxy) is 1. The van der Waals surface area contributed by atoms with Crippen LogP contribution in [0.2, 0.25) is 0 Å². The Morgan fingerprint density at radius 1 is 1.30 bits per heavy atom. The molecule has 0 aliphatic rings. The molecule has 0 unspecified atom stereocenters. The molecule has 1 heterocycles. The summed E-state index contributed by atoms with van der Waals surface area (Å²) >= 11 is 3.43. The van der Waals surface area contributed by atoms with Crippen molar-refractivity contribution in [2.24, 2.45) is 0 Å². The fourth-order valence-electron chi connectivity index (χ4n) is 1.62. The monoisotopic (exact) mass is 340 g/mol. The van der Waals surface area contributed by atoms with Gasteiger partial charge in [-0.1, -0.05) is 0 Å². The standard InChI is InChI=1S/C13H14BrFN4O/c1-3-16-12-11(14)13(18-7-17-12)19-8-4-5-9(15)10(6-8)20-2/h4-7H,3H2,1-2H3,(H2,16,17,18,19). The molecule has 2 aromatic rings. The van der Waals surface area contributed by atoms with Gasteiger partial charge in [-0.25, -0.2) is 14.4 Å². The number of hydrogen-bond acceptors (Lipinski definition) is 5. The molecule has 20 heavy (non-hydrogen) atoms. The molecule has 1 aromatic carbocycles. The van der Waals surface area contributed by atoms with E-state index >= 15 is 0 Å². The maximum absolute atomic E-state index is 13.4. The normalized spacial score (nSPS) is 10.2. The van der Waals surface area contributed by atoms with Gasteiger partial charge in [0, 0.05) is 18.3 Å². The third-order valence-corrected chi connectivity index (χ3v) is 3.30. The van der Waals surface area contributed by atoms with Gasteiger partial charge in [0.15, 0.2) is 11.6 Å². The van der Waals surface area contributed by atoms with E-state index in [0.717, 1.165) is 6.54 Å². The zero-order valence-corrected chi connectivity index (χ0v) is 12.7. The highest BCUT2D eigenvalue weighted by Gasteiger charge is 2.09. The first-order valence-corrected chi connectivity index (χ1v) is 6.80. The summed E-state index contributed by atoms with van der Waals surface area (Å²) in [6.07, 6.45) is 1.45. The summed E-state index contributed by atoms with van der Waals surface area (Å²) in [5, 5.41) is 6.20. The maximum Gasteiger partial charge on any atom is 0.165 e. The van der Waals surface area contributed by atoms with Crippen LogP contribution in [0.4, 0.5) is 21.7 Å². The molecule has 0 aliphatic carbocycles. The number of nitrogens with zero attached hydrogens (tertiary/aromatic N) is 2. The van der Waals surface area contributed by atoms with Crippen LogP contribution in [0.5, 0.6) is 5.75 Å². The van der Waals surface area contributed by atoms with Gasteiger partial charge in [0.1, 0.15) is 22.4 Å². The van der Waals surface area contributed by atoms with Gasteiger partial charge < -0.3 is 15.4 Å². The summed E-state index contributed by atoms with van der Waals surface area (Å²) in [7, 11) is 1.42. The molecule has 106 valence electrons. The van der Waals surface area contributed by atoms with Gasteiger partial charge in [-0.2, -0.15) is 0 Å². The Balaban J connectivity index is 2.28. The van der Waals surface area contributed by atoms with Crippen molar-refractivity contribution in [2.75, 3.05) is 24.3 Å². The third kappa shape index (κ3) is 3.16. The molecule has 0 bridgehead atoms. The van der Waals surface area contributed by atoms with E-state index < -0.39 is 5.82 Å². The molecule has 7 heteroatoms. The van der Waals surface area contributed by atoms with Gasteiger partial charge >= 0.3 is 0 Å². The Hall–Kier alpha value is -1.89. The highest BCUT2D eigenvalue weighted by atomic mass is 79.9. The lowest BCUT2D eigenvalue weighted by molar-refractivity contribution is 0.387. The van der Waals surface area contributed by atoms with Gasteiger partial charge in [0.25, 0.3) is 0 Å². The van der Waals surface area contributed by atoms with Crippen LogP contribution in [0.25, 0.3) is 0 Å². The number of benzene rings is 1. The first kappa shape index (κ1) is 14.5. The second-order valence-electron chi connectivity index (χ2n) is 3.89. The summed E-state index contributed by atoms with van der Waals surface area (Å²) in [6.45, 7) is 2.73. The molecule has 2 N–H and O–H groups in total. The van der Waals surface area contributed by atoms with E-state index in [1.54, 1.807) is 12.1 Å². The number of halogens is 2. The molecule has 5 nitrogen and oxygen atoms in total. The average molecular weight is 341 g/mol. The van der Waals surface area contributed by atoms with E-state index in [1.807, 2.05) is 6.92 Å².